The molecule has 3 rings (SSSR count). The van der Waals surface area contributed by atoms with Gasteiger partial charge in [0.05, 0.1) is 5.41 Å². The van der Waals surface area contributed by atoms with Gasteiger partial charge in [-0.05, 0) is 31.6 Å². The van der Waals surface area contributed by atoms with Crippen LogP contribution in [0.1, 0.15) is 64.2 Å². The fraction of sp³-hybridized carbons (Fsp3) is 0.812. The summed E-state index contributed by atoms with van der Waals surface area (Å²) in [5, 5.41) is 9.61. The Bertz CT molecular complexity index is 461. The Kier molecular flexibility index (Phi) is 3.76. The van der Waals surface area contributed by atoms with E-state index in [-0.39, 0.29) is 24.2 Å². The SMILES string of the molecule is O=C(O)C(C1CCCCC1)N1C(=O)CC2(CCCC2)C1=O. The van der Waals surface area contributed by atoms with Crippen LogP contribution in [0.2, 0.25) is 0 Å². The first-order valence-electron chi connectivity index (χ1n) is 8.14. The van der Waals surface area contributed by atoms with Crippen LogP contribution >= 0.6 is 0 Å². The van der Waals surface area contributed by atoms with E-state index >= 15 is 0 Å². The summed E-state index contributed by atoms with van der Waals surface area (Å²) < 4.78 is 0. The number of imide groups is 1. The molecule has 1 atom stereocenters. The Balaban J connectivity index is 1.86. The number of hydrogen-bond donors (Lipinski definition) is 1. The predicted molar refractivity (Wildman–Crippen MR) is 75.4 cm³/mol. The number of aliphatic carboxylic acids is 1. The number of nitrogens with zero attached hydrogens (tertiary/aromatic N) is 1. The third kappa shape index (κ3) is 2.36. The average molecular weight is 293 g/mol. The van der Waals surface area contributed by atoms with Gasteiger partial charge in [-0.1, -0.05) is 32.1 Å². The average Bonchev–Trinajstić information content (AvgIpc) is 3.01. The van der Waals surface area contributed by atoms with Gasteiger partial charge in [0.1, 0.15) is 6.04 Å². The van der Waals surface area contributed by atoms with E-state index in [1.165, 1.54) is 0 Å². The predicted octanol–water partition coefficient (Wildman–Crippen LogP) is 2.34. The number of hydrogen-bond acceptors (Lipinski definition) is 3. The van der Waals surface area contributed by atoms with Gasteiger partial charge in [0.15, 0.2) is 0 Å². The van der Waals surface area contributed by atoms with Crippen LogP contribution in [-0.2, 0) is 14.4 Å². The minimum absolute atomic E-state index is 0.0688. The summed E-state index contributed by atoms with van der Waals surface area (Å²) in [7, 11) is 0. The summed E-state index contributed by atoms with van der Waals surface area (Å²) in [6.07, 6.45) is 8.36. The van der Waals surface area contributed by atoms with E-state index in [1.54, 1.807) is 0 Å². The summed E-state index contributed by atoms with van der Waals surface area (Å²) in [6, 6.07) is -0.940. The van der Waals surface area contributed by atoms with Gasteiger partial charge in [-0.15, -0.1) is 0 Å². The lowest BCUT2D eigenvalue weighted by molar-refractivity contribution is -0.158. The Labute approximate surface area is 124 Å². The first-order valence-corrected chi connectivity index (χ1v) is 8.14. The fourth-order valence-corrected chi connectivity index (χ4v) is 4.52. The lowest BCUT2D eigenvalue weighted by atomic mass is 9.82. The van der Waals surface area contributed by atoms with Crippen LogP contribution in [0.25, 0.3) is 0 Å². The molecule has 116 valence electrons. The number of rotatable bonds is 3. The molecule has 1 unspecified atom stereocenters. The standard InChI is InChI=1S/C16H23NO4/c18-12-10-16(8-4-5-9-16)15(21)17(12)13(14(19)20)11-6-2-1-3-7-11/h11,13H,1-10H2,(H,19,20). The molecule has 5 heteroatoms. The number of amides is 2. The highest BCUT2D eigenvalue weighted by atomic mass is 16.4. The number of carbonyl (C=O) groups excluding carboxylic acids is 2. The fourth-order valence-electron chi connectivity index (χ4n) is 4.52. The first kappa shape index (κ1) is 14.5. The molecule has 21 heavy (non-hydrogen) atoms. The van der Waals surface area contributed by atoms with E-state index in [4.69, 9.17) is 0 Å². The molecule has 3 fully saturated rings. The molecule has 1 heterocycles. The lowest BCUT2D eigenvalue weighted by Gasteiger charge is -2.33. The summed E-state index contributed by atoms with van der Waals surface area (Å²) in [5.41, 5.74) is -0.570. The molecule has 3 aliphatic rings. The van der Waals surface area contributed by atoms with Crippen molar-refractivity contribution in [3.05, 3.63) is 0 Å². The van der Waals surface area contributed by atoms with Gasteiger partial charge in [-0.2, -0.15) is 0 Å². The van der Waals surface area contributed by atoms with Crippen LogP contribution in [0.15, 0.2) is 0 Å². The number of carboxylic acids is 1. The van der Waals surface area contributed by atoms with E-state index in [0.717, 1.165) is 62.7 Å². The quantitative estimate of drug-likeness (QED) is 0.810. The molecule has 1 spiro atoms. The number of likely N-dealkylation sites (tertiary alicyclic amines) is 1. The largest absolute Gasteiger partial charge is 0.480 e. The van der Waals surface area contributed by atoms with Gasteiger partial charge >= 0.3 is 5.97 Å². The van der Waals surface area contributed by atoms with Crippen LogP contribution < -0.4 is 0 Å². The summed E-state index contributed by atoms with van der Waals surface area (Å²) in [4.78, 5) is 38.0. The Morgan fingerprint density at radius 2 is 1.71 bits per heavy atom. The third-order valence-corrected chi connectivity index (χ3v) is 5.62. The molecule has 0 aromatic carbocycles. The Hall–Kier alpha value is -1.39. The monoisotopic (exact) mass is 293 g/mol. The second-order valence-electron chi connectivity index (χ2n) is 6.91. The topological polar surface area (TPSA) is 74.7 Å². The van der Waals surface area contributed by atoms with Gasteiger partial charge in [0.25, 0.3) is 0 Å². The van der Waals surface area contributed by atoms with Crippen molar-refractivity contribution in [3.8, 4) is 0 Å². The normalized spacial score (nSPS) is 27.5. The molecule has 1 saturated heterocycles. The van der Waals surface area contributed by atoms with Crippen molar-refractivity contribution in [2.75, 3.05) is 0 Å². The van der Waals surface area contributed by atoms with Gasteiger partial charge in [0, 0.05) is 6.42 Å². The molecule has 2 saturated carbocycles. The molecule has 2 aliphatic carbocycles. The van der Waals surface area contributed by atoms with E-state index in [1.807, 2.05) is 0 Å². The highest BCUT2D eigenvalue weighted by Gasteiger charge is 2.56. The van der Waals surface area contributed by atoms with Crippen molar-refractivity contribution in [1.82, 2.24) is 4.90 Å². The molecular formula is C16H23NO4. The van der Waals surface area contributed by atoms with E-state index < -0.39 is 17.4 Å². The van der Waals surface area contributed by atoms with Crippen LogP contribution in [0.4, 0.5) is 0 Å². The van der Waals surface area contributed by atoms with Gasteiger partial charge in [-0.3, -0.25) is 14.5 Å². The van der Waals surface area contributed by atoms with E-state index in [0.29, 0.717) is 0 Å². The van der Waals surface area contributed by atoms with Crippen LogP contribution in [0, 0.1) is 11.3 Å². The molecular weight excluding hydrogens is 270 g/mol. The molecule has 1 N–H and O–H groups in total. The van der Waals surface area contributed by atoms with Gasteiger partial charge in [0.2, 0.25) is 11.8 Å². The highest BCUT2D eigenvalue weighted by molar-refractivity contribution is 6.08. The van der Waals surface area contributed by atoms with Crippen molar-refractivity contribution in [2.45, 2.75) is 70.3 Å². The van der Waals surface area contributed by atoms with Crippen molar-refractivity contribution in [3.63, 3.8) is 0 Å². The summed E-state index contributed by atoms with van der Waals surface area (Å²) in [5.74, 6) is -1.55. The number of carboxylic acid groups (broad SMARTS) is 1. The van der Waals surface area contributed by atoms with Crippen molar-refractivity contribution in [2.24, 2.45) is 11.3 Å². The first-order chi connectivity index (χ1) is 10.1. The van der Waals surface area contributed by atoms with Crippen LogP contribution in [0.5, 0.6) is 0 Å². The third-order valence-electron chi connectivity index (χ3n) is 5.62. The van der Waals surface area contributed by atoms with Crippen molar-refractivity contribution < 1.29 is 19.5 Å². The zero-order chi connectivity index (χ0) is 15.0. The van der Waals surface area contributed by atoms with Gasteiger partial charge < -0.3 is 5.11 Å². The maximum absolute atomic E-state index is 12.8. The van der Waals surface area contributed by atoms with E-state index in [2.05, 4.69) is 0 Å². The lowest BCUT2D eigenvalue weighted by Crippen LogP contribution is -2.50. The maximum atomic E-state index is 12.8. The Morgan fingerprint density at radius 3 is 2.29 bits per heavy atom. The molecule has 2 amide bonds. The second kappa shape index (κ2) is 5.43. The minimum Gasteiger partial charge on any atom is -0.480 e. The van der Waals surface area contributed by atoms with Gasteiger partial charge in [-0.25, -0.2) is 4.79 Å². The Morgan fingerprint density at radius 1 is 1.10 bits per heavy atom. The van der Waals surface area contributed by atoms with E-state index in [9.17, 15) is 19.5 Å². The summed E-state index contributed by atoms with van der Waals surface area (Å²) in [6.45, 7) is 0. The zero-order valence-corrected chi connectivity index (χ0v) is 12.3. The van der Waals surface area contributed by atoms with Crippen LogP contribution in [-0.4, -0.2) is 33.8 Å². The second-order valence-corrected chi connectivity index (χ2v) is 6.91. The molecule has 5 nitrogen and oxygen atoms in total. The minimum atomic E-state index is -1.02. The molecule has 0 bridgehead atoms. The summed E-state index contributed by atoms with van der Waals surface area (Å²) >= 11 is 0. The molecule has 0 aromatic heterocycles. The number of carbonyl (C=O) groups is 3. The molecule has 1 aliphatic heterocycles. The smallest absolute Gasteiger partial charge is 0.327 e. The molecule has 0 radical (unpaired) electrons. The van der Waals surface area contributed by atoms with Crippen LogP contribution in [0.3, 0.4) is 0 Å². The molecule has 0 aromatic rings. The van der Waals surface area contributed by atoms with Crippen molar-refractivity contribution >= 4 is 17.8 Å². The zero-order valence-electron chi connectivity index (χ0n) is 12.3. The van der Waals surface area contributed by atoms with Crippen molar-refractivity contribution in [1.29, 1.82) is 0 Å². The maximum Gasteiger partial charge on any atom is 0.327 e. The highest BCUT2D eigenvalue weighted by Crippen LogP contribution is 2.48.